The summed E-state index contributed by atoms with van der Waals surface area (Å²) in [6, 6.07) is 15.8. The Kier molecular flexibility index (Phi) is 4.19. The Labute approximate surface area is 155 Å². The number of nitrogens with zero attached hydrogens (tertiary/aromatic N) is 2. The molecular weight excluding hydrogens is 370 g/mol. The number of thiazole rings is 1. The molecule has 2 aromatic carbocycles. The predicted octanol–water partition coefficient (Wildman–Crippen LogP) is 5.19. The fourth-order valence-corrected chi connectivity index (χ4v) is 4.09. The van der Waals surface area contributed by atoms with Crippen molar-refractivity contribution < 1.29 is 9.72 Å². The third kappa shape index (κ3) is 3.07. The van der Waals surface area contributed by atoms with E-state index < -0.39 is 4.92 Å². The topological polar surface area (TPSA) is 85.1 Å². The molecule has 4 rings (SSSR count). The number of nitro benzene ring substituents is 1. The van der Waals surface area contributed by atoms with Crippen molar-refractivity contribution in [3.63, 3.8) is 0 Å². The van der Waals surface area contributed by atoms with Gasteiger partial charge in [-0.05, 0) is 35.7 Å². The van der Waals surface area contributed by atoms with Crippen molar-refractivity contribution >= 4 is 50.2 Å². The molecule has 6 nitrogen and oxygen atoms in total. The van der Waals surface area contributed by atoms with Crippen LogP contribution in [0, 0.1) is 10.1 Å². The Morgan fingerprint density at radius 2 is 1.96 bits per heavy atom. The highest BCUT2D eigenvalue weighted by Gasteiger charge is 2.19. The highest BCUT2D eigenvalue weighted by molar-refractivity contribution is 7.21. The summed E-state index contributed by atoms with van der Waals surface area (Å²) in [5, 5.41) is 16.6. The summed E-state index contributed by atoms with van der Waals surface area (Å²) in [4.78, 5) is 28.2. The molecule has 0 aliphatic carbocycles. The number of aromatic nitrogens is 1. The van der Waals surface area contributed by atoms with E-state index >= 15 is 0 Å². The van der Waals surface area contributed by atoms with E-state index in [0.717, 1.165) is 10.2 Å². The fourth-order valence-electron chi connectivity index (χ4n) is 2.51. The molecule has 8 heteroatoms. The van der Waals surface area contributed by atoms with Gasteiger partial charge in [-0.1, -0.05) is 18.2 Å². The van der Waals surface area contributed by atoms with E-state index in [0.29, 0.717) is 15.4 Å². The van der Waals surface area contributed by atoms with Crippen molar-refractivity contribution in [3.8, 4) is 10.6 Å². The molecule has 128 valence electrons. The van der Waals surface area contributed by atoms with Crippen LogP contribution in [0.2, 0.25) is 0 Å². The predicted molar refractivity (Wildman–Crippen MR) is 104 cm³/mol. The minimum atomic E-state index is -0.499. The third-order valence-corrected chi connectivity index (χ3v) is 5.68. The fraction of sp³-hybridized carbons (Fsp3) is 0. The summed E-state index contributed by atoms with van der Waals surface area (Å²) < 4.78 is 1.01. The molecule has 1 N–H and O–H groups in total. The maximum absolute atomic E-state index is 12.2. The Morgan fingerprint density at radius 1 is 1.12 bits per heavy atom. The van der Waals surface area contributed by atoms with Gasteiger partial charge in [0.1, 0.15) is 10.7 Å². The molecule has 0 bridgehead atoms. The van der Waals surface area contributed by atoms with Crippen molar-refractivity contribution in [2.75, 3.05) is 5.32 Å². The Morgan fingerprint density at radius 3 is 2.69 bits per heavy atom. The minimum Gasteiger partial charge on any atom is -0.316 e. The maximum Gasteiger partial charge on any atom is 0.293 e. The number of thiophene rings is 1. The molecule has 2 heterocycles. The molecule has 0 saturated heterocycles. The molecule has 0 fully saturated rings. The second kappa shape index (κ2) is 6.66. The molecular formula is C18H11N3O3S2. The number of carbonyl (C=O) groups excluding carboxylic acids is 1. The summed E-state index contributed by atoms with van der Waals surface area (Å²) in [7, 11) is 0. The second-order valence-corrected chi connectivity index (χ2v) is 7.39. The average Bonchev–Trinajstić information content (AvgIpc) is 3.31. The first-order valence-electron chi connectivity index (χ1n) is 7.61. The van der Waals surface area contributed by atoms with Gasteiger partial charge in [-0.3, -0.25) is 14.9 Å². The maximum atomic E-state index is 12.2. The van der Waals surface area contributed by atoms with Gasteiger partial charge >= 0.3 is 0 Å². The highest BCUT2D eigenvalue weighted by Crippen LogP contribution is 2.35. The molecule has 0 radical (unpaired) electrons. The molecule has 2 aromatic heterocycles. The second-order valence-electron chi connectivity index (χ2n) is 5.41. The van der Waals surface area contributed by atoms with Crippen molar-refractivity contribution in [1.82, 2.24) is 4.98 Å². The van der Waals surface area contributed by atoms with Gasteiger partial charge in [-0.2, -0.15) is 0 Å². The summed E-state index contributed by atoms with van der Waals surface area (Å²) in [6.07, 6.45) is 0. The van der Waals surface area contributed by atoms with Gasteiger partial charge in [0.2, 0.25) is 0 Å². The summed E-state index contributed by atoms with van der Waals surface area (Å²) >= 11 is 2.75. The molecule has 26 heavy (non-hydrogen) atoms. The molecule has 4 aromatic rings. The van der Waals surface area contributed by atoms with Crippen LogP contribution in [-0.4, -0.2) is 15.8 Å². The number of nitrogens with one attached hydrogen (secondary N) is 1. The molecule has 0 atom stereocenters. The first-order valence-corrected chi connectivity index (χ1v) is 9.31. The highest BCUT2D eigenvalue weighted by atomic mass is 32.1. The average molecular weight is 381 g/mol. The molecule has 0 aliphatic heterocycles. The molecule has 0 aliphatic rings. The van der Waals surface area contributed by atoms with E-state index in [1.807, 2.05) is 24.3 Å². The van der Waals surface area contributed by atoms with Crippen molar-refractivity contribution in [1.29, 1.82) is 0 Å². The van der Waals surface area contributed by atoms with Gasteiger partial charge in [-0.15, -0.1) is 22.7 Å². The van der Waals surface area contributed by atoms with E-state index in [-0.39, 0.29) is 17.3 Å². The lowest BCUT2D eigenvalue weighted by atomic mass is 10.1. The summed E-state index contributed by atoms with van der Waals surface area (Å²) in [5.74, 6) is -0.365. The monoisotopic (exact) mass is 381 g/mol. The van der Waals surface area contributed by atoms with Crippen LogP contribution in [0.25, 0.3) is 20.8 Å². The van der Waals surface area contributed by atoms with Gasteiger partial charge in [0.25, 0.3) is 11.6 Å². The van der Waals surface area contributed by atoms with E-state index in [2.05, 4.69) is 10.3 Å². The van der Waals surface area contributed by atoms with Gasteiger partial charge in [0, 0.05) is 11.6 Å². The van der Waals surface area contributed by atoms with Crippen LogP contribution in [0.15, 0.2) is 60.0 Å². The first kappa shape index (κ1) is 16.4. The van der Waals surface area contributed by atoms with Crippen molar-refractivity contribution in [3.05, 3.63) is 75.0 Å². The quantitative estimate of drug-likeness (QED) is 0.390. The number of para-hydroxylation sites is 1. The zero-order valence-corrected chi connectivity index (χ0v) is 14.8. The number of hydrogen-bond acceptors (Lipinski definition) is 6. The molecule has 0 unspecified atom stereocenters. The number of anilines is 1. The minimum absolute atomic E-state index is 0.160. The SMILES string of the molecule is O=C(Nc1ccc(-c2nc3ccccc3s2)cc1[N+](=O)[O-])c1cccs1. The summed E-state index contributed by atoms with van der Waals surface area (Å²) in [6.45, 7) is 0. The lowest BCUT2D eigenvalue weighted by Crippen LogP contribution is -2.11. The van der Waals surface area contributed by atoms with Crippen LogP contribution in [0.3, 0.4) is 0 Å². The lowest BCUT2D eigenvalue weighted by molar-refractivity contribution is -0.383. The van der Waals surface area contributed by atoms with E-state index in [1.165, 1.54) is 28.7 Å². The van der Waals surface area contributed by atoms with Gasteiger partial charge in [0.05, 0.1) is 20.0 Å². The van der Waals surface area contributed by atoms with Crippen molar-refractivity contribution in [2.24, 2.45) is 0 Å². The zero-order valence-electron chi connectivity index (χ0n) is 13.2. The third-order valence-electron chi connectivity index (χ3n) is 3.73. The van der Waals surface area contributed by atoms with E-state index in [9.17, 15) is 14.9 Å². The Hall–Kier alpha value is -3.10. The standard InChI is InChI=1S/C18H11N3O3S2/c22-17(16-6-3-9-25-16)19-12-8-7-11(10-14(12)21(23)24)18-20-13-4-1-2-5-15(13)26-18/h1-10H,(H,19,22). The van der Waals surface area contributed by atoms with E-state index in [1.54, 1.807) is 29.6 Å². The van der Waals surface area contributed by atoms with Gasteiger partial charge < -0.3 is 5.32 Å². The zero-order chi connectivity index (χ0) is 18.1. The number of benzene rings is 2. The van der Waals surface area contributed by atoms with Crippen LogP contribution in [0.4, 0.5) is 11.4 Å². The molecule has 0 saturated carbocycles. The lowest BCUT2D eigenvalue weighted by Gasteiger charge is -2.06. The Bertz CT molecular complexity index is 1090. The van der Waals surface area contributed by atoms with Crippen LogP contribution in [-0.2, 0) is 0 Å². The van der Waals surface area contributed by atoms with Crippen LogP contribution in [0.1, 0.15) is 9.67 Å². The van der Waals surface area contributed by atoms with E-state index in [4.69, 9.17) is 0 Å². The van der Waals surface area contributed by atoms with Crippen LogP contribution >= 0.6 is 22.7 Å². The Balaban J connectivity index is 1.71. The number of fused-ring (bicyclic) bond motifs is 1. The molecule has 1 amide bonds. The smallest absolute Gasteiger partial charge is 0.293 e. The van der Waals surface area contributed by atoms with Crippen LogP contribution in [0.5, 0.6) is 0 Å². The van der Waals surface area contributed by atoms with Crippen molar-refractivity contribution in [2.45, 2.75) is 0 Å². The number of amides is 1. The van der Waals surface area contributed by atoms with Crippen LogP contribution < -0.4 is 5.32 Å². The van der Waals surface area contributed by atoms with Gasteiger partial charge in [0.15, 0.2) is 0 Å². The van der Waals surface area contributed by atoms with Gasteiger partial charge in [-0.25, -0.2) is 4.98 Å². The normalized spacial score (nSPS) is 10.8. The largest absolute Gasteiger partial charge is 0.316 e. The number of hydrogen-bond donors (Lipinski definition) is 1. The summed E-state index contributed by atoms with van der Waals surface area (Å²) in [5.41, 5.74) is 1.50. The first-order chi connectivity index (χ1) is 12.6. The number of carbonyl (C=O) groups is 1. The number of nitro groups is 1. The molecule has 0 spiro atoms. The number of rotatable bonds is 4.